The summed E-state index contributed by atoms with van der Waals surface area (Å²) in [6.07, 6.45) is -5.17. The molecule has 0 heterocycles. The lowest BCUT2D eigenvalue weighted by molar-refractivity contribution is -0.142. The quantitative estimate of drug-likeness (QED) is 0.609. The molecule has 0 bridgehead atoms. The summed E-state index contributed by atoms with van der Waals surface area (Å²) in [7, 11) is -3.07. The predicted octanol–water partition coefficient (Wildman–Crippen LogP) is 2.34. The lowest BCUT2D eigenvalue weighted by atomic mass is 10.2. The minimum Gasteiger partial charge on any atom is -0.206 e. The highest BCUT2D eigenvalue weighted by Gasteiger charge is 2.39. The first-order valence-corrected chi connectivity index (χ1v) is 4.67. The standard InChI is InChI=1S/C7H2F5O2P/c8-4-1-3(15(13)14)2-5(9)6(4)7(10,11)12/h1-2H/p+1. The summed E-state index contributed by atoms with van der Waals surface area (Å²) in [4.78, 5) is 8.46. The number of rotatable bonds is 1. The van der Waals surface area contributed by atoms with Gasteiger partial charge < -0.3 is 0 Å². The van der Waals surface area contributed by atoms with Gasteiger partial charge in [0.1, 0.15) is 17.2 Å². The lowest BCUT2D eigenvalue weighted by Gasteiger charge is -2.07. The monoisotopic (exact) mass is 245 g/mol. The smallest absolute Gasteiger partial charge is 0.206 e. The molecule has 0 fully saturated rings. The van der Waals surface area contributed by atoms with Gasteiger partial charge in [-0.15, -0.1) is 0 Å². The summed E-state index contributed by atoms with van der Waals surface area (Å²) >= 11 is 0. The Hall–Kier alpha value is -1.07. The fourth-order valence-corrected chi connectivity index (χ4v) is 1.39. The van der Waals surface area contributed by atoms with Crippen LogP contribution in [0, 0.1) is 11.6 Å². The second-order valence-electron chi connectivity index (χ2n) is 2.56. The van der Waals surface area contributed by atoms with Crippen LogP contribution in [0.3, 0.4) is 0 Å². The summed E-state index contributed by atoms with van der Waals surface area (Å²) in [5.74, 6) is -3.82. The lowest BCUT2D eigenvalue weighted by Crippen LogP contribution is -2.14. The molecule has 0 aliphatic rings. The van der Waals surface area contributed by atoms with E-state index in [2.05, 4.69) is 0 Å². The molecule has 1 N–H and O–H groups in total. The Balaban J connectivity index is 3.41. The molecule has 0 aliphatic carbocycles. The van der Waals surface area contributed by atoms with Gasteiger partial charge in [0, 0.05) is 12.1 Å². The molecule has 0 radical (unpaired) electrons. The highest BCUT2D eigenvalue weighted by atomic mass is 31.1. The van der Waals surface area contributed by atoms with E-state index in [9.17, 15) is 26.5 Å². The summed E-state index contributed by atoms with van der Waals surface area (Å²) in [6, 6.07) is 0.370. The number of halogens is 5. The molecule has 8 heteroatoms. The van der Waals surface area contributed by atoms with E-state index >= 15 is 0 Å². The van der Waals surface area contributed by atoms with Crippen LogP contribution in [0.15, 0.2) is 12.1 Å². The minimum atomic E-state index is -5.17. The molecular weight excluding hydrogens is 242 g/mol. The van der Waals surface area contributed by atoms with Crippen LogP contribution in [0.4, 0.5) is 22.0 Å². The SMILES string of the molecule is O=[P+](O)c1cc(F)c(C(F)(F)F)c(F)c1. The maximum atomic E-state index is 12.8. The van der Waals surface area contributed by atoms with E-state index in [-0.39, 0.29) is 12.1 Å². The van der Waals surface area contributed by atoms with E-state index in [4.69, 9.17) is 4.89 Å². The van der Waals surface area contributed by atoms with Crippen molar-refractivity contribution >= 4 is 13.3 Å². The fraction of sp³-hybridized carbons (Fsp3) is 0.143. The second-order valence-corrected chi connectivity index (χ2v) is 3.62. The molecule has 82 valence electrons. The van der Waals surface area contributed by atoms with E-state index in [1.807, 2.05) is 0 Å². The van der Waals surface area contributed by atoms with Crippen molar-refractivity contribution in [1.82, 2.24) is 0 Å². The molecule has 2 nitrogen and oxygen atoms in total. The second kappa shape index (κ2) is 3.83. The van der Waals surface area contributed by atoms with Crippen molar-refractivity contribution in [3.8, 4) is 0 Å². The molecule has 0 saturated carbocycles. The highest BCUT2D eigenvalue weighted by molar-refractivity contribution is 7.47. The maximum Gasteiger partial charge on any atom is 0.546 e. The van der Waals surface area contributed by atoms with Gasteiger partial charge in [-0.1, -0.05) is 0 Å². The van der Waals surface area contributed by atoms with Crippen LogP contribution >= 0.6 is 8.03 Å². The van der Waals surface area contributed by atoms with E-state index < -0.39 is 36.7 Å². The van der Waals surface area contributed by atoms with E-state index in [1.54, 1.807) is 0 Å². The first-order chi connectivity index (χ1) is 6.73. The third-order valence-electron chi connectivity index (χ3n) is 1.53. The van der Waals surface area contributed by atoms with Crippen LogP contribution in [-0.4, -0.2) is 4.89 Å². The molecule has 1 unspecified atom stereocenters. The zero-order valence-electron chi connectivity index (χ0n) is 6.85. The Labute approximate surface area is 81.2 Å². The number of hydrogen-bond acceptors (Lipinski definition) is 1. The average Bonchev–Trinajstić information content (AvgIpc) is 1.99. The molecule has 0 aromatic heterocycles. The van der Waals surface area contributed by atoms with Crippen molar-refractivity contribution in [2.24, 2.45) is 0 Å². The van der Waals surface area contributed by atoms with E-state index in [0.717, 1.165) is 0 Å². The van der Waals surface area contributed by atoms with Crippen LogP contribution < -0.4 is 5.30 Å². The van der Waals surface area contributed by atoms with Crippen molar-refractivity contribution in [3.05, 3.63) is 29.3 Å². The predicted molar refractivity (Wildman–Crippen MR) is 40.8 cm³/mol. The van der Waals surface area contributed by atoms with Gasteiger partial charge in [-0.05, 0) is 4.57 Å². The number of benzene rings is 1. The van der Waals surface area contributed by atoms with Crippen molar-refractivity contribution in [2.75, 3.05) is 0 Å². The van der Waals surface area contributed by atoms with Gasteiger partial charge >= 0.3 is 14.2 Å². The van der Waals surface area contributed by atoms with E-state index in [1.165, 1.54) is 0 Å². The molecular formula is C7H3F5O2P+. The molecule has 1 atom stereocenters. The number of hydrogen-bond donors (Lipinski definition) is 1. The molecule has 1 aromatic carbocycles. The van der Waals surface area contributed by atoms with Crippen LogP contribution in [-0.2, 0) is 10.7 Å². The third kappa shape index (κ3) is 2.49. The molecule has 1 aromatic rings. The Bertz CT molecular complexity index is 391. The topological polar surface area (TPSA) is 37.3 Å². The summed E-state index contributed by atoms with van der Waals surface area (Å²) in [5, 5.41) is -0.729. The van der Waals surface area contributed by atoms with Gasteiger partial charge in [0.2, 0.25) is 5.30 Å². The van der Waals surface area contributed by atoms with Crippen molar-refractivity contribution in [3.63, 3.8) is 0 Å². The molecule has 0 saturated heterocycles. The van der Waals surface area contributed by atoms with Crippen molar-refractivity contribution < 1.29 is 31.4 Å². The Morgan fingerprint density at radius 1 is 1.13 bits per heavy atom. The number of alkyl halides is 3. The molecule has 0 spiro atoms. The van der Waals surface area contributed by atoms with Gasteiger partial charge in [-0.25, -0.2) is 8.78 Å². The van der Waals surface area contributed by atoms with Crippen LogP contribution in [0.2, 0.25) is 0 Å². The summed E-state index contributed by atoms with van der Waals surface area (Å²) in [5.41, 5.74) is -2.07. The van der Waals surface area contributed by atoms with Gasteiger partial charge in [0.25, 0.3) is 0 Å². The average molecular weight is 245 g/mol. The Morgan fingerprint density at radius 3 is 1.80 bits per heavy atom. The highest BCUT2D eigenvalue weighted by Crippen LogP contribution is 2.33. The molecule has 0 amide bonds. The zero-order valence-corrected chi connectivity index (χ0v) is 7.74. The van der Waals surface area contributed by atoms with Crippen LogP contribution in [0.1, 0.15) is 5.56 Å². The van der Waals surface area contributed by atoms with Gasteiger partial charge in [0.05, 0.1) is 0 Å². The first-order valence-electron chi connectivity index (χ1n) is 3.46. The van der Waals surface area contributed by atoms with Crippen molar-refractivity contribution in [2.45, 2.75) is 6.18 Å². The van der Waals surface area contributed by atoms with Crippen LogP contribution in [0.5, 0.6) is 0 Å². The Kier molecular flexibility index (Phi) is 3.06. The maximum absolute atomic E-state index is 12.8. The molecule has 15 heavy (non-hydrogen) atoms. The molecule has 0 aliphatic heterocycles. The van der Waals surface area contributed by atoms with Crippen molar-refractivity contribution in [1.29, 1.82) is 0 Å². The summed E-state index contributed by atoms with van der Waals surface area (Å²) < 4.78 is 72.0. The van der Waals surface area contributed by atoms with Gasteiger partial charge in [-0.3, -0.25) is 0 Å². The van der Waals surface area contributed by atoms with E-state index in [0.29, 0.717) is 0 Å². The largest absolute Gasteiger partial charge is 0.546 e. The molecule has 1 rings (SSSR count). The normalized spacial score (nSPS) is 12.8. The van der Waals surface area contributed by atoms with Gasteiger partial charge in [-0.2, -0.15) is 18.1 Å². The van der Waals surface area contributed by atoms with Crippen LogP contribution in [0.25, 0.3) is 0 Å². The minimum absolute atomic E-state index is 0.185. The Morgan fingerprint density at radius 2 is 1.53 bits per heavy atom. The van der Waals surface area contributed by atoms with Gasteiger partial charge in [0.15, 0.2) is 0 Å². The fourth-order valence-electron chi connectivity index (χ4n) is 0.941. The first kappa shape index (κ1) is 12.0. The third-order valence-corrected chi connectivity index (χ3v) is 2.23. The zero-order chi connectivity index (χ0) is 11.8. The summed E-state index contributed by atoms with van der Waals surface area (Å²) in [6.45, 7) is 0.